The number of ether oxygens (including phenoxy) is 2. The van der Waals surface area contributed by atoms with Crippen LogP contribution in [0.4, 0.5) is 0 Å². The highest BCUT2D eigenvalue weighted by atomic mass is 16.5. The number of rotatable bonds is 3. The molecule has 1 saturated heterocycles. The van der Waals surface area contributed by atoms with Crippen LogP contribution in [0.2, 0.25) is 0 Å². The molecule has 0 aliphatic carbocycles. The summed E-state index contributed by atoms with van der Waals surface area (Å²) in [6.45, 7) is 0. The van der Waals surface area contributed by atoms with Crippen LogP contribution in [0.3, 0.4) is 0 Å². The van der Waals surface area contributed by atoms with Crippen molar-refractivity contribution >= 4 is 17.8 Å². The third kappa shape index (κ3) is 3.10. The molecule has 1 aliphatic rings. The van der Waals surface area contributed by atoms with Crippen LogP contribution in [0.1, 0.15) is 29.6 Å². The predicted octanol–water partition coefficient (Wildman–Crippen LogP) is 1.40. The molecule has 0 saturated carbocycles. The fourth-order valence-electron chi connectivity index (χ4n) is 2.75. The van der Waals surface area contributed by atoms with Gasteiger partial charge in [-0.25, -0.2) is 9.59 Å². The second-order valence-electron chi connectivity index (χ2n) is 5.09. The lowest BCUT2D eigenvalue weighted by molar-refractivity contribution is -0.155. The average Bonchev–Trinajstić information content (AvgIpc) is 2.59. The summed E-state index contributed by atoms with van der Waals surface area (Å²) >= 11 is 0. The van der Waals surface area contributed by atoms with E-state index in [9.17, 15) is 14.4 Å². The van der Waals surface area contributed by atoms with Gasteiger partial charge in [-0.3, -0.25) is 4.79 Å². The zero-order chi connectivity index (χ0) is 16.1. The average molecular weight is 305 g/mol. The van der Waals surface area contributed by atoms with E-state index in [1.54, 1.807) is 30.3 Å². The third-order valence-corrected chi connectivity index (χ3v) is 3.83. The van der Waals surface area contributed by atoms with E-state index in [1.807, 2.05) is 0 Å². The van der Waals surface area contributed by atoms with Crippen LogP contribution in [-0.4, -0.2) is 49.0 Å². The van der Waals surface area contributed by atoms with Crippen molar-refractivity contribution in [1.82, 2.24) is 4.90 Å². The van der Waals surface area contributed by atoms with Crippen molar-refractivity contribution in [2.24, 2.45) is 0 Å². The standard InChI is InChI=1S/C16H19NO5/c1-21-15(19)12-9-6-10-13(16(20)22-2)17(12)14(18)11-7-4-3-5-8-11/h3-5,7-8,12-13H,6,9-10H2,1-2H3/t12-,13-/m1/s1. The summed E-state index contributed by atoms with van der Waals surface area (Å²) in [4.78, 5) is 38.1. The molecule has 2 atom stereocenters. The Kier molecular flexibility index (Phi) is 5.14. The van der Waals surface area contributed by atoms with Crippen molar-refractivity contribution in [3.63, 3.8) is 0 Å². The number of benzene rings is 1. The number of esters is 2. The number of carbonyl (C=O) groups is 3. The number of hydrogen-bond acceptors (Lipinski definition) is 5. The maximum absolute atomic E-state index is 12.8. The van der Waals surface area contributed by atoms with Gasteiger partial charge in [-0.15, -0.1) is 0 Å². The van der Waals surface area contributed by atoms with E-state index >= 15 is 0 Å². The Bertz CT molecular complexity index is 533. The molecule has 0 N–H and O–H groups in total. The smallest absolute Gasteiger partial charge is 0.328 e. The fourth-order valence-corrected chi connectivity index (χ4v) is 2.75. The summed E-state index contributed by atoms with van der Waals surface area (Å²) < 4.78 is 9.57. The fraction of sp³-hybridized carbons (Fsp3) is 0.438. The number of hydrogen-bond donors (Lipinski definition) is 0. The second-order valence-corrected chi connectivity index (χ2v) is 5.09. The molecule has 0 radical (unpaired) electrons. The molecule has 0 unspecified atom stereocenters. The van der Waals surface area contributed by atoms with Gasteiger partial charge in [0.05, 0.1) is 14.2 Å². The largest absolute Gasteiger partial charge is 0.467 e. The molecular weight excluding hydrogens is 286 g/mol. The van der Waals surface area contributed by atoms with Gasteiger partial charge in [-0.05, 0) is 31.4 Å². The molecule has 0 aromatic heterocycles. The molecule has 1 aromatic rings. The normalized spacial score (nSPS) is 21.1. The van der Waals surface area contributed by atoms with E-state index in [0.29, 0.717) is 24.8 Å². The molecule has 22 heavy (non-hydrogen) atoms. The first kappa shape index (κ1) is 16.0. The minimum Gasteiger partial charge on any atom is -0.467 e. The van der Waals surface area contributed by atoms with Gasteiger partial charge in [0, 0.05) is 5.56 Å². The van der Waals surface area contributed by atoms with Crippen molar-refractivity contribution < 1.29 is 23.9 Å². The van der Waals surface area contributed by atoms with Crippen LogP contribution < -0.4 is 0 Å². The minimum atomic E-state index is -0.768. The van der Waals surface area contributed by atoms with Crippen LogP contribution in [0, 0.1) is 0 Å². The summed E-state index contributed by atoms with van der Waals surface area (Å²) in [6.07, 6.45) is 1.59. The van der Waals surface area contributed by atoms with Gasteiger partial charge >= 0.3 is 11.9 Å². The van der Waals surface area contributed by atoms with Crippen LogP contribution in [0.25, 0.3) is 0 Å². The first-order valence-electron chi connectivity index (χ1n) is 7.13. The lowest BCUT2D eigenvalue weighted by atomic mass is 9.94. The summed E-state index contributed by atoms with van der Waals surface area (Å²) in [5.74, 6) is -1.40. The van der Waals surface area contributed by atoms with E-state index < -0.39 is 24.0 Å². The van der Waals surface area contributed by atoms with E-state index in [-0.39, 0.29) is 5.91 Å². The summed E-state index contributed by atoms with van der Waals surface area (Å²) in [7, 11) is 2.55. The molecule has 6 heteroatoms. The van der Waals surface area contributed by atoms with Crippen molar-refractivity contribution in [3.05, 3.63) is 35.9 Å². The van der Waals surface area contributed by atoms with Gasteiger partial charge in [0.2, 0.25) is 0 Å². The number of amides is 1. The van der Waals surface area contributed by atoms with E-state index in [4.69, 9.17) is 9.47 Å². The van der Waals surface area contributed by atoms with E-state index in [1.165, 1.54) is 19.1 Å². The van der Waals surface area contributed by atoms with Gasteiger partial charge in [-0.2, -0.15) is 0 Å². The molecule has 2 rings (SSSR count). The molecule has 6 nitrogen and oxygen atoms in total. The maximum atomic E-state index is 12.8. The quantitative estimate of drug-likeness (QED) is 0.789. The highest BCUT2D eigenvalue weighted by Gasteiger charge is 2.42. The molecule has 1 aromatic carbocycles. The first-order valence-corrected chi connectivity index (χ1v) is 7.13. The third-order valence-electron chi connectivity index (χ3n) is 3.83. The second kappa shape index (κ2) is 7.06. The maximum Gasteiger partial charge on any atom is 0.328 e. The lowest BCUT2D eigenvalue weighted by Crippen LogP contribution is -2.56. The minimum absolute atomic E-state index is 0.369. The van der Waals surface area contributed by atoms with Crippen LogP contribution >= 0.6 is 0 Å². The highest BCUT2D eigenvalue weighted by molar-refractivity contribution is 5.99. The Balaban J connectivity index is 2.38. The van der Waals surface area contributed by atoms with Crippen molar-refractivity contribution in [1.29, 1.82) is 0 Å². The number of nitrogens with zero attached hydrogens (tertiary/aromatic N) is 1. The van der Waals surface area contributed by atoms with Gasteiger partial charge in [0.1, 0.15) is 12.1 Å². The molecule has 1 heterocycles. The first-order chi connectivity index (χ1) is 10.6. The van der Waals surface area contributed by atoms with Crippen molar-refractivity contribution in [2.75, 3.05) is 14.2 Å². The molecule has 0 spiro atoms. The molecule has 0 bridgehead atoms. The molecule has 1 aliphatic heterocycles. The number of piperidine rings is 1. The number of carbonyl (C=O) groups excluding carboxylic acids is 3. The summed E-state index contributed by atoms with van der Waals surface area (Å²) in [6, 6.07) is 7.03. The number of methoxy groups -OCH3 is 2. The molecular formula is C16H19NO5. The summed E-state index contributed by atoms with van der Waals surface area (Å²) in [5, 5.41) is 0. The zero-order valence-corrected chi connectivity index (χ0v) is 12.7. The summed E-state index contributed by atoms with van der Waals surface area (Å²) in [5.41, 5.74) is 0.423. The predicted molar refractivity (Wildman–Crippen MR) is 78.1 cm³/mol. The Labute approximate surface area is 129 Å². The van der Waals surface area contributed by atoms with Crippen molar-refractivity contribution in [3.8, 4) is 0 Å². The van der Waals surface area contributed by atoms with Crippen LogP contribution in [0.15, 0.2) is 30.3 Å². The molecule has 1 amide bonds. The highest BCUT2D eigenvalue weighted by Crippen LogP contribution is 2.26. The monoisotopic (exact) mass is 305 g/mol. The Hall–Kier alpha value is -2.37. The van der Waals surface area contributed by atoms with Gasteiger partial charge in [-0.1, -0.05) is 18.2 Å². The van der Waals surface area contributed by atoms with Gasteiger partial charge in [0.15, 0.2) is 0 Å². The van der Waals surface area contributed by atoms with Crippen LogP contribution in [0.5, 0.6) is 0 Å². The SMILES string of the molecule is COC(=O)[C@H]1CCC[C@H](C(=O)OC)N1C(=O)c1ccccc1. The van der Waals surface area contributed by atoms with E-state index in [0.717, 1.165) is 0 Å². The van der Waals surface area contributed by atoms with Crippen molar-refractivity contribution in [2.45, 2.75) is 31.3 Å². The van der Waals surface area contributed by atoms with Crippen LogP contribution in [-0.2, 0) is 19.1 Å². The lowest BCUT2D eigenvalue weighted by Gasteiger charge is -2.39. The zero-order valence-electron chi connectivity index (χ0n) is 12.7. The Morgan fingerprint density at radius 2 is 1.45 bits per heavy atom. The van der Waals surface area contributed by atoms with Gasteiger partial charge < -0.3 is 14.4 Å². The Morgan fingerprint density at radius 1 is 0.955 bits per heavy atom. The molecule has 118 valence electrons. The number of likely N-dealkylation sites (tertiary alicyclic amines) is 1. The topological polar surface area (TPSA) is 72.9 Å². The van der Waals surface area contributed by atoms with Gasteiger partial charge in [0.25, 0.3) is 5.91 Å². The molecule has 1 fully saturated rings. The van der Waals surface area contributed by atoms with E-state index in [2.05, 4.69) is 0 Å². The Morgan fingerprint density at radius 3 is 1.91 bits per heavy atom.